The number of nitrogens with zero attached hydrogens (tertiary/aromatic N) is 1. The van der Waals surface area contributed by atoms with Crippen molar-refractivity contribution in [1.29, 1.82) is 0 Å². The Morgan fingerprint density at radius 1 is 0.914 bits per heavy atom. The third-order valence-corrected chi connectivity index (χ3v) is 6.83. The van der Waals surface area contributed by atoms with Crippen LogP contribution in [0.2, 0.25) is 0 Å². The fourth-order valence-electron chi connectivity index (χ4n) is 4.91. The number of amides is 2. The summed E-state index contributed by atoms with van der Waals surface area (Å²) in [5.41, 5.74) is 2.46. The zero-order valence-electron chi connectivity index (χ0n) is 20.8. The zero-order valence-corrected chi connectivity index (χ0v) is 20.8. The van der Waals surface area contributed by atoms with E-state index >= 15 is 0 Å². The molecule has 35 heavy (non-hydrogen) atoms. The number of rotatable bonds is 11. The van der Waals surface area contributed by atoms with Gasteiger partial charge < -0.3 is 20.6 Å². The highest BCUT2D eigenvalue weighted by Gasteiger charge is 2.37. The number of carbonyl (C=O) groups excluding carboxylic acids is 2. The number of anilines is 1. The molecule has 2 amide bonds. The van der Waals surface area contributed by atoms with Crippen molar-refractivity contribution in [3.8, 4) is 0 Å². The van der Waals surface area contributed by atoms with E-state index in [0.29, 0.717) is 13.0 Å². The summed E-state index contributed by atoms with van der Waals surface area (Å²) in [5, 5.41) is 15.3. The van der Waals surface area contributed by atoms with Crippen LogP contribution in [-0.4, -0.2) is 43.0 Å². The standard InChI is InChI=1S/C28H37N3O4/c1-31(2)23-13-11-22(12-14-23)20-29-27(35)24(17-21-9-5-3-6-10-21)30-25(32)18-28(19-26(33)34)15-7-4-8-16-28/h3,5-6,9-14,24H,4,7-8,15-20H2,1-2H3,(H,29,35)(H,30,32)(H,33,34)/t24-/m1/s1. The molecule has 0 bridgehead atoms. The van der Waals surface area contributed by atoms with Gasteiger partial charge in [-0.15, -0.1) is 0 Å². The molecule has 3 N–H and O–H groups in total. The molecule has 3 rings (SSSR count). The van der Waals surface area contributed by atoms with Gasteiger partial charge in [0, 0.05) is 39.2 Å². The summed E-state index contributed by atoms with van der Waals surface area (Å²) >= 11 is 0. The molecule has 0 aliphatic heterocycles. The van der Waals surface area contributed by atoms with E-state index in [1.165, 1.54) is 0 Å². The van der Waals surface area contributed by atoms with Gasteiger partial charge in [0.1, 0.15) is 6.04 Å². The molecule has 1 atom stereocenters. The van der Waals surface area contributed by atoms with Crippen LogP contribution in [0.5, 0.6) is 0 Å². The van der Waals surface area contributed by atoms with E-state index in [1.54, 1.807) is 0 Å². The van der Waals surface area contributed by atoms with E-state index in [4.69, 9.17) is 0 Å². The molecule has 188 valence electrons. The number of hydrogen-bond donors (Lipinski definition) is 3. The lowest BCUT2D eigenvalue weighted by Crippen LogP contribution is -2.49. The van der Waals surface area contributed by atoms with Gasteiger partial charge in [0.25, 0.3) is 0 Å². The number of aliphatic carboxylic acids is 1. The van der Waals surface area contributed by atoms with Crippen molar-refractivity contribution in [2.24, 2.45) is 5.41 Å². The maximum Gasteiger partial charge on any atom is 0.303 e. The number of nitrogens with one attached hydrogen (secondary N) is 2. The Morgan fingerprint density at radius 2 is 1.57 bits per heavy atom. The van der Waals surface area contributed by atoms with Gasteiger partial charge in [0.15, 0.2) is 0 Å². The normalized spacial score (nSPS) is 15.6. The third kappa shape index (κ3) is 8.12. The second-order valence-corrected chi connectivity index (χ2v) is 9.90. The number of carboxylic acids is 1. The quantitative estimate of drug-likeness (QED) is 0.454. The summed E-state index contributed by atoms with van der Waals surface area (Å²) in [6, 6.07) is 16.8. The van der Waals surface area contributed by atoms with Crippen molar-refractivity contribution in [3.63, 3.8) is 0 Å². The summed E-state index contributed by atoms with van der Waals surface area (Å²) in [4.78, 5) is 39.8. The van der Waals surface area contributed by atoms with Crippen LogP contribution in [-0.2, 0) is 27.3 Å². The van der Waals surface area contributed by atoms with E-state index in [2.05, 4.69) is 10.6 Å². The molecule has 1 saturated carbocycles. The molecule has 1 fully saturated rings. The molecule has 0 unspecified atom stereocenters. The minimum atomic E-state index is -0.876. The highest BCUT2D eigenvalue weighted by atomic mass is 16.4. The molecular formula is C28H37N3O4. The Labute approximate surface area is 207 Å². The van der Waals surface area contributed by atoms with Crippen LogP contribution < -0.4 is 15.5 Å². The SMILES string of the molecule is CN(C)c1ccc(CNC(=O)[C@@H](Cc2ccccc2)NC(=O)CC2(CC(=O)O)CCCCC2)cc1. The van der Waals surface area contributed by atoms with Gasteiger partial charge >= 0.3 is 5.97 Å². The van der Waals surface area contributed by atoms with Crippen LogP contribution in [0.4, 0.5) is 5.69 Å². The summed E-state index contributed by atoms with van der Waals surface area (Å²) in [6.45, 7) is 0.358. The molecule has 0 saturated heterocycles. The summed E-state index contributed by atoms with van der Waals surface area (Å²) in [6.07, 6.45) is 4.86. The maximum atomic E-state index is 13.2. The van der Waals surface area contributed by atoms with Gasteiger partial charge in [-0.3, -0.25) is 14.4 Å². The van der Waals surface area contributed by atoms with Crippen molar-refractivity contribution in [2.75, 3.05) is 19.0 Å². The second-order valence-electron chi connectivity index (χ2n) is 9.90. The minimum Gasteiger partial charge on any atom is -0.481 e. The zero-order chi connectivity index (χ0) is 25.3. The van der Waals surface area contributed by atoms with Crippen molar-refractivity contribution >= 4 is 23.5 Å². The summed E-state index contributed by atoms with van der Waals surface area (Å²) < 4.78 is 0. The second kappa shape index (κ2) is 12.4. The van der Waals surface area contributed by atoms with Crippen LogP contribution in [0.1, 0.15) is 56.1 Å². The number of carbonyl (C=O) groups is 3. The van der Waals surface area contributed by atoms with Crippen LogP contribution in [0.15, 0.2) is 54.6 Å². The van der Waals surface area contributed by atoms with Gasteiger partial charge in [-0.2, -0.15) is 0 Å². The fourth-order valence-corrected chi connectivity index (χ4v) is 4.91. The highest BCUT2D eigenvalue weighted by Crippen LogP contribution is 2.42. The topological polar surface area (TPSA) is 98.7 Å². The van der Waals surface area contributed by atoms with Gasteiger partial charge in [0.05, 0.1) is 6.42 Å². The smallest absolute Gasteiger partial charge is 0.303 e. The monoisotopic (exact) mass is 479 g/mol. The molecular weight excluding hydrogens is 442 g/mol. The third-order valence-electron chi connectivity index (χ3n) is 6.83. The molecule has 1 aliphatic rings. The summed E-state index contributed by atoms with van der Waals surface area (Å²) in [7, 11) is 3.95. The van der Waals surface area contributed by atoms with Gasteiger partial charge in [-0.1, -0.05) is 61.7 Å². The van der Waals surface area contributed by atoms with Crippen LogP contribution in [0.3, 0.4) is 0 Å². The van der Waals surface area contributed by atoms with Gasteiger partial charge in [0.2, 0.25) is 11.8 Å². The first kappa shape index (κ1) is 26.3. The fraction of sp³-hybridized carbons (Fsp3) is 0.464. The van der Waals surface area contributed by atoms with Gasteiger partial charge in [-0.25, -0.2) is 0 Å². The lowest BCUT2D eigenvalue weighted by Gasteiger charge is -2.36. The van der Waals surface area contributed by atoms with Crippen molar-refractivity contribution in [3.05, 3.63) is 65.7 Å². The van der Waals surface area contributed by atoms with Crippen molar-refractivity contribution < 1.29 is 19.5 Å². The molecule has 2 aromatic rings. The molecule has 0 heterocycles. The Kier molecular flexibility index (Phi) is 9.29. The van der Waals surface area contributed by atoms with E-state index in [9.17, 15) is 19.5 Å². The van der Waals surface area contributed by atoms with Crippen molar-refractivity contribution in [2.45, 2.75) is 64.0 Å². The Balaban J connectivity index is 1.67. The number of benzene rings is 2. The largest absolute Gasteiger partial charge is 0.481 e. The predicted molar refractivity (Wildman–Crippen MR) is 137 cm³/mol. The molecule has 7 heteroatoms. The van der Waals surface area contributed by atoms with Crippen LogP contribution >= 0.6 is 0 Å². The predicted octanol–water partition coefficient (Wildman–Crippen LogP) is 3.91. The Bertz CT molecular complexity index is 983. The van der Waals surface area contributed by atoms with E-state index in [-0.39, 0.29) is 24.7 Å². The number of hydrogen-bond acceptors (Lipinski definition) is 4. The first-order valence-corrected chi connectivity index (χ1v) is 12.4. The maximum absolute atomic E-state index is 13.2. The van der Waals surface area contributed by atoms with E-state index in [1.807, 2.05) is 73.6 Å². The van der Waals surface area contributed by atoms with E-state index < -0.39 is 17.4 Å². The minimum absolute atomic E-state index is 0.0150. The molecule has 1 aliphatic carbocycles. The number of carboxylic acid groups (broad SMARTS) is 1. The molecule has 0 radical (unpaired) electrons. The molecule has 7 nitrogen and oxygen atoms in total. The first-order valence-electron chi connectivity index (χ1n) is 12.4. The average molecular weight is 480 g/mol. The van der Waals surface area contributed by atoms with Crippen molar-refractivity contribution in [1.82, 2.24) is 10.6 Å². The first-order chi connectivity index (χ1) is 16.8. The van der Waals surface area contributed by atoms with Crippen LogP contribution in [0.25, 0.3) is 0 Å². The lowest BCUT2D eigenvalue weighted by atomic mass is 9.69. The molecule has 2 aromatic carbocycles. The average Bonchev–Trinajstić information content (AvgIpc) is 2.83. The van der Waals surface area contributed by atoms with Gasteiger partial charge in [-0.05, 0) is 41.5 Å². The van der Waals surface area contributed by atoms with Crippen LogP contribution in [0, 0.1) is 5.41 Å². The molecule has 0 spiro atoms. The van der Waals surface area contributed by atoms with E-state index in [0.717, 1.165) is 48.9 Å². The molecule has 0 aromatic heterocycles. The Morgan fingerprint density at radius 3 is 2.17 bits per heavy atom. The summed E-state index contributed by atoms with van der Waals surface area (Å²) in [5.74, 6) is -1.40. The lowest BCUT2D eigenvalue weighted by molar-refractivity contribution is -0.141. The Hall–Kier alpha value is -3.35. The highest BCUT2D eigenvalue weighted by molar-refractivity contribution is 5.88.